The number of hydrogen-bond donors (Lipinski definition) is 0. The highest BCUT2D eigenvalue weighted by molar-refractivity contribution is 5.18. The third-order valence-electron chi connectivity index (χ3n) is 7.51. The molecule has 152 valence electrons. The number of hydrogen-bond acceptors (Lipinski definition) is 4. The third kappa shape index (κ3) is 3.01. The second kappa shape index (κ2) is 6.67. The quantitative estimate of drug-likeness (QED) is 0.777. The zero-order valence-corrected chi connectivity index (χ0v) is 16.7. The molecule has 4 aliphatic heterocycles. The molecule has 0 amide bonds. The van der Waals surface area contributed by atoms with Crippen molar-refractivity contribution >= 4 is 0 Å². The minimum atomic E-state index is 0.156. The van der Waals surface area contributed by atoms with Crippen molar-refractivity contribution < 1.29 is 0 Å². The first kappa shape index (κ1) is 17.7. The molecule has 0 N–H and O–H groups in total. The lowest BCUT2D eigenvalue weighted by Gasteiger charge is -2.47. The molecule has 0 aromatic carbocycles. The normalized spacial score (nSPS) is 31.2. The van der Waals surface area contributed by atoms with E-state index in [2.05, 4.69) is 21.9 Å². The molecule has 2 aromatic rings. The van der Waals surface area contributed by atoms with Crippen LogP contribution in [-0.2, 0) is 13.1 Å². The van der Waals surface area contributed by atoms with Gasteiger partial charge in [0, 0.05) is 74.6 Å². The van der Waals surface area contributed by atoms with E-state index in [1.165, 1.54) is 24.2 Å². The van der Waals surface area contributed by atoms with E-state index in [1.807, 2.05) is 21.3 Å². The van der Waals surface area contributed by atoms with Crippen LogP contribution in [-0.4, -0.2) is 51.8 Å². The van der Waals surface area contributed by atoms with Gasteiger partial charge in [0.15, 0.2) is 0 Å². The number of likely N-dealkylation sites (tertiary alicyclic amines) is 2. The lowest BCUT2D eigenvalue weighted by Crippen LogP contribution is -2.54. The number of pyridine rings is 2. The molecule has 2 aromatic heterocycles. The first-order valence-electron chi connectivity index (χ1n) is 11.0. The smallest absolute Gasteiger partial charge is 0.250 e. The fourth-order valence-corrected chi connectivity index (χ4v) is 6.50. The Kier molecular flexibility index (Phi) is 4.06. The fourth-order valence-electron chi connectivity index (χ4n) is 6.50. The van der Waals surface area contributed by atoms with Crippen LogP contribution >= 0.6 is 0 Å². The van der Waals surface area contributed by atoms with Gasteiger partial charge in [0.25, 0.3) is 11.1 Å². The molecule has 4 bridgehead atoms. The Morgan fingerprint density at radius 2 is 1.14 bits per heavy atom. The first-order valence-corrected chi connectivity index (χ1v) is 11.0. The number of aromatic nitrogens is 2. The van der Waals surface area contributed by atoms with Gasteiger partial charge in [0.1, 0.15) is 0 Å². The topological polar surface area (TPSA) is 50.5 Å². The number of fused-ring (bicyclic) bond motifs is 8. The second-order valence-corrected chi connectivity index (χ2v) is 9.61. The zero-order chi connectivity index (χ0) is 19.5. The van der Waals surface area contributed by atoms with Gasteiger partial charge in [-0.1, -0.05) is 12.1 Å². The SMILES string of the molecule is O=c1cccc2n1C[C@H]1C[C@@H]2CN(CN2C[C@@H]3C[C@@H](C2)c2cccc(=O)n2C3)C1. The minimum Gasteiger partial charge on any atom is -0.312 e. The Morgan fingerprint density at radius 1 is 0.655 bits per heavy atom. The second-order valence-electron chi connectivity index (χ2n) is 9.61. The molecule has 4 aliphatic rings. The largest absolute Gasteiger partial charge is 0.312 e. The van der Waals surface area contributed by atoms with Gasteiger partial charge in [-0.15, -0.1) is 0 Å². The van der Waals surface area contributed by atoms with E-state index >= 15 is 0 Å². The molecule has 4 atom stereocenters. The summed E-state index contributed by atoms with van der Waals surface area (Å²) in [6, 6.07) is 11.5. The molecule has 6 nitrogen and oxygen atoms in total. The Morgan fingerprint density at radius 3 is 1.62 bits per heavy atom. The van der Waals surface area contributed by atoms with Crippen molar-refractivity contribution in [3.05, 3.63) is 68.5 Å². The lowest BCUT2D eigenvalue weighted by molar-refractivity contribution is 0.0266. The van der Waals surface area contributed by atoms with Gasteiger partial charge in [-0.25, -0.2) is 0 Å². The molecule has 29 heavy (non-hydrogen) atoms. The summed E-state index contributed by atoms with van der Waals surface area (Å²) in [5.74, 6) is 2.09. The number of piperidine rings is 2. The maximum Gasteiger partial charge on any atom is 0.250 e. The van der Waals surface area contributed by atoms with Crippen LogP contribution in [0.15, 0.2) is 46.0 Å². The molecular weight excluding hydrogens is 364 g/mol. The van der Waals surface area contributed by atoms with Crippen molar-refractivity contribution in [3.8, 4) is 0 Å². The minimum absolute atomic E-state index is 0.156. The summed E-state index contributed by atoms with van der Waals surface area (Å²) in [6.45, 7) is 6.99. The lowest BCUT2D eigenvalue weighted by atomic mass is 9.82. The van der Waals surface area contributed by atoms with Crippen LogP contribution in [0, 0.1) is 11.8 Å². The van der Waals surface area contributed by atoms with E-state index in [4.69, 9.17) is 0 Å². The summed E-state index contributed by atoms with van der Waals surface area (Å²) < 4.78 is 4.02. The summed E-state index contributed by atoms with van der Waals surface area (Å²) in [7, 11) is 0. The van der Waals surface area contributed by atoms with Gasteiger partial charge in [-0.3, -0.25) is 19.4 Å². The van der Waals surface area contributed by atoms with Crippen LogP contribution in [0.1, 0.15) is 36.1 Å². The third-order valence-corrected chi connectivity index (χ3v) is 7.51. The molecule has 0 radical (unpaired) electrons. The summed E-state index contributed by atoms with van der Waals surface area (Å²) >= 11 is 0. The van der Waals surface area contributed by atoms with Crippen molar-refractivity contribution in [2.75, 3.05) is 32.8 Å². The standard InChI is InChI=1S/C23H28N4O2/c28-22-5-1-3-20-18-7-16(11-26(20)22)9-24(13-18)15-25-10-17-8-19(14-25)21-4-2-6-23(29)27(21)12-17/h1-6,16-19H,7-15H2/t16-,17-,18-,19+/m0/s1. The molecule has 0 aliphatic carbocycles. The van der Waals surface area contributed by atoms with E-state index in [9.17, 15) is 9.59 Å². The molecule has 6 heteroatoms. The van der Waals surface area contributed by atoms with Gasteiger partial charge in [0.2, 0.25) is 0 Å². The van der Waals surface area contributed by atoms with Crippen molar-refractivity contribution in [1.82, 2.24) is 18.9 Å². The van der Waals surface area contributed by atoms with Gasteiger partial charge >= 0.3 is 0 Å². The molecule has 0 unspecified atom stereocenters. The van der Waals surface area contributed by atoms with E-state index in [0.29, 0.717) is 23.7 Å². The average molecular weight is 393 g/mol. The maximum absolute atomic E-state index is 12.2. The first-order chi connectivity index (χ1) is 14.1. The molecular formula is C23H28N4O2. The van der Waals surface area contributed by atoms with E-state index in [0.717, 1.165) is 45.9 Å². The van der Waals surface area contributed by atoms with Crippen LogP contribution in [0.2, 0.25) is 0 Å². The van der Waals surface area contributed by atoms with Gasteiger partial charge in [0.05, 0.1) is 6.67 Å². The molecule has 2 saturated heterocycles. The summed E-state index contributed by atoms with van der Waals surface area (Å²) in [6.07, 6.45) is 2.42. The van der Waals surface area contributed by atoms with Crippen LogP contribution in [0.4, 0.5) is 0 Å². The molecule has 6 heterocycles. The van der Waals surface area contributed by atoms with Gasteiger partial charge < -0.3 is 9.13 Å². The van der Waals surface area contributed by atoms with Crippen LogP contribution in [0.5, 0.6) is 0 Å². The van der Waals surface area contributed by atoms with Crippen molar-refractivity contribution in [2.45, 2.75) is 37.8 Å². The maximum atomic E-state index is 12.2. The Hall–Kier alpha value is -2.18. The van der Waals surface area contributed by atoms with Crippen molar-refractivity contribution in [3.63, 3.8) is 0 Å². The van der Waals surface area contributed by atoms with E-state index < -0.39 is 0 Å². The molecule has 6 rings (SSSR count). The number of nitrogens with zero attached hydrogens (tertiary/aromatic N) is 4. The molecule has 0 spiro atoms. The predicted octanol–water partition coefficient (Wildman–Crippen LogP) is 1.51. The highest BCUT2D eigenvalue weighted by atomic mass is 16.1. The van der Waals surface area contributed by atoms with Gasteiger partial charge in [-0.2, -0.15) is 0 Å². The highest BCUT2D eigenvalue weighted by Crippen LogP contribution is 2.37. The fraction of sp³-hybridized carbons (Fsp3) is 0.565. The predicted molar refractivity (Wildman–Crippen MR) is 111 cm³/mol. The molecule has 2 fully saturated rings. The zero-order valence-electron chi connectivity index (χ0n) is 16.7. The van der Waals surface area contributed by atoms with Crippen LogP contribution in [0.25, 0.3) is 0 Å². The Labute approximate surface area is 170 Å². The van der Waals surface area contributed by atoms with Crippen LogP contribution < -0.4 is 11.1 Å². The monoisotopic (exact) mass is 392 g/mol. The van der Waals surface area contributed by atoms with Crippen molar-refractivity contribution in [2.24, 2.45) is 11.8 Å². The average Bonchev–Trinajstić information content (AvgIpc) is 2.70. The van der Waals surface area contributed by atoms with E-state index in [1.54, 1.807) is 12.1 Å². The Bertz CT molecular complexity index is 974. The summed E-state index contributed by atoms with van der Waals surface area (Å²) in [5, 5.41) is 0. The Balaban J connectivity index is 1.19. The summed E-state index contributed by atoms with van der Waals surface area (Å²) in [5.41, 5.74) is 2.76. The number of rotatable bonds is 2. The molecule has 0 saturated carbocycles. The van der Waals surface area contributed by atoms with E-state index in [-0.39, 0.29) is 11.1 Å². The van der Waals surface area contributed by atoms with Crippen LogP contribution in [0.3, 0.4) is 0 Å². The summed E-state index contributed by atoms with van der Waals surface area (Å²) in [4.78, 5) is 29.7. The van der Waals surface area contributed by atoms with Crippen molar-refractivity contribution in [1.29, 1.82) is 0 Å². The highest BCUT2D eigenvalue weighted by Gasteiger charge is 2.38. The van der Waals surface area contributed by atoms with Gasteiger partial charge in [-0.05, 0) is 36.8 Å².